The molecule has 520 valence electrons. The molecule has 1 aliphatic rings. The number of nitrogens with zero attached hydrogens (tertiary/aromatic N) is 3. The number of carboxylic acid groups (broad SMARTS) is 4. The molecule has 0 spiro atoms. The summed E-state index contributed by atoms with van der Waals surface area (Å²) in [6, 6.07) is -0.306. The molecule has 0 bridgehead atoms. The predicted molar refractivity (Wildman–Crippen MR) is 338 cm³/mol. The summed E-state index contributed by atoms with van der Waals surface area (Å²) in [5.41, 5.74) is 0.657. The lowest BCUT2D eigenvalue weighted by Crippen LogP contribution is -2.60. The van der Waals surface area contributed by atoms with Gasteiger partial charge in [0.1, 0.15) is 30.2 Å². The van der Waals surface area contributed by atoms with E-state index in [1.54, 1.807) is 77.8 Å². The summed E-state index contributed by atoms with van der Waals surface area (Å²) in [4.78, 5) is 159. The van der Waals surface area contributed by atoms with Crippen LogP contribution in [0.1, 0.15) is 176 Å². The molecule has 1 aliphatic heterocycles. The average molecular weight is 1300 g/mol. The van der Waals surface area contributed by atoms with Gasteiger partial charge in [-0.1, -0.05) is 98.1 Å². The molecular formula is C64H105N9O19. The summed E-state index contributed by atoms with van der Waals surface area (Å²) < 4.78 is 12.0. The molecule has 0 aromatic heterocycles. The fourth-order valence-corrected chi connectivity index (χ4v) is 11.6. The number of ether oxygens (including phenoxy) is 2. The van der Waals surface area contributed by atoms with Crippen LogP contribution < -0.4 is 31.9 Å². The Morgan fingerprint density at radius 3 is 1.73 bits per heavy atom. The molecule has 0 unspecified atom stereocenters. The minimum absolute atomic E-state index is 0.0221. The second-order valence-corrected chi connectivity index (χ2v) is 24.8. The molecule has 1 fully saturated rings. The summed E-state index contributed by atoms with van der Waals surface area (Å²) >= 11 is 0. The van der Waals surface area contributed by atoms with Crippen LogP contribution in [-0.2, 0) is 62.2 Å². The molecule has 1 aromatic rings. The van der Waals surface area contributed by atoms with Crippen molar-refractivity contribution in [2.24, 2.45) is 23.7 Å². The van der Waals surface area contributed by atoms with Crippen LogP contribution in [0.5, 0.6) is 0 Å². The van der Waals surface area contributed by atoms with Gasteiger partial charge in [-0.15, -0.1) is 0 Å². The fraction of sp³-hybridized carbons (Fsp3) is 0.719. The van der Waals surface area contributed by atoms with Gasteiger partial charge in [0.05, 0.1) is 48.8 Å². The Labute approximate surface area is 540 Å². The number of carbonyl (C=O) groups excluding carboxylic acids is 8. The number of aliphatic carboxylic acids is 4. The van der Waals surface area contributed by atoms with Crippen LogP contribution in [0.15, 0.2) is 30.3 Å². The van der Waals surface area contributed by atoms with Crippen LogP contribution in [0.3, 0.4) is 0 Å². The lowest BCUT2D eigenvalue weighted by atomic mass is 9.89. The van der Waals surface area contributed by atoms with E-state index in [1.165, 1.54) is 31.1 Å². The van der Waals surface area contributed by atoms with Crippen LogP contribution in [0.25, 0.3) is 0 Å². The van der Waals surface area contributed by atoms with E-state index < -0.39 is 151 Å². The van der Waals surface area contributed by atoms with Crippen molar-refractivity contribution in [1.29, 1.82) is 0 Å². The van der Waals surface area contributed by atoms with Gasteiger partial charge in [0.25, 0.3) is 0 Å². The number of nitrogens with one attached hydrogen (secondary N) is 6. The van der Waals surface area contributed by atoms with Gasteiger partial charge in [-0.25, -0.2) is 19.2 Å². The van der Waals surface area contributed by atoms with Crippen molar-refractivity contribution in [1.82, 2.24) is 46.6 Å². The van der Waals surface area contributed by atoms with E-state index in [-0.39, 0.29) is 75.1 Å². The largest absolute Gasteiger partial charge is 0.481 e. The summed E-state index contributed by atoms with van der Waals surface area (Å²) in [6.07, 6.45) is 0.485. The SMILES string of the molecule is CC[C@H](C)[C@@H]([C@@H](CC(=O)N1CCC[C@H]1[C@H](OC)[C@@H](C)C(=O)N[C@H](C)[C@@H](O)c1ccccc1)OC)N(C)C(=O)[C@@H](NC(=O)[C@H](C(C)C)N(C)C(=O)CC[C@H](NC(=O)CCCCCCC(=O)NCCCC[C@H](NC(=O)N[C@@H](CCC(=O)O)C(=O)O)C(=O)O)C(=O)O)C(C)C. The maximum Gasteiger partial charge on any atom is 0.326 e. The molecule has 11 N–H and O–H groups in total. The highest BCUT2D eigenvalue weighted by molar-refractivity contribution is 5.93. The third kappa shape index (κ3) is 26.6. The third-order valence-corrected chi connectivity index (χ3v) is 17.1. The van der Waals surface area contributed by atoms with Gasteiger partial charge in [-0.3, -0.25) is 38.4 Å². The van der Waals surface area contributed by atoms with Crippen molar-refractivity contribution in [2.45, 2.75) is 231 Å². The molecule has 1 heterocycles. The zero-order valence-electron chi connectivity index (χ0n) is 55.8. The molecule has 2 rings (SSSR count). The molecule has 9 amide bonds. The number of rotatable bonds is 44. The van der Waals surface area contributed by atoms with Gasteiger partial charge in [0.15, 0.2) is 0 Å². The number of likely N-dealkylation sites (tertiary alicyclic amines) is 1. The van der Waals surface area contributed by atoms with E-state index in [2.05, 4.69) is 31.9 Å². The van der Waals surface area contributed by atoms with Gasteiger partial charge in [0.2, 0.25) is 41.4 Å². The Morgan fingerprint density at radius 1 is 0.630 bits per heavy atom. The van der Waals surface area contributed by atoms with Crippen molar-refractivity contribution in [2.75, 3.05) is 41.4 Å². The van der Waals surface area contributed by atoms with Crippen LogP contribution >= 0.6 is 0 Å². The Kier molecular flexibility index (Phi) is 36.1. The number of methoxy groups -OCH3 is 2. The van der Waals surface area contributed by atoms with Gasteiger partial charge < -0.3 is 81.6 Å². The van der Waals surface area contributed by atoms with Crippen LogP contribution in [-0.4, -0.2) is 213 Å². The van der Waals surface area contributed by atoms with Crippen molar-refractivity contribution in [3.8, 4) is 0 Å². The van der Waals surface area contributed by atoms with Crippen molar-refractivity contribution in [3.63, 3.8) is 0 Å². The molecule has 0 radical (unpaired) electrons. The Bertz CT molecular complexity index is 2580. The average Bonchev–Trinajstić information content (AvgIpc) is 1.43. The molecule has 28 nitrogen and oxygen atoms in total. The third-order valence-electron chi connectivity index (χ3n) is 17.1. The second kappa shape index (κ2) is 41.2. The first-order valence-electron chi connectivity index (χ1n) is 32.1. The lowest BCUT2D eigenvalue weighted by Gasteiger charge is -2.41. The summed E-state index contributed by atoms with van der Waals surface area (Å²) in [7, 11) is 6.00. The van der Waals surface area contributed by atoms with E-state index in [9.17, 15) is 78.0 Å². The molecule has 1 saturated heterocycles. The Hall–Kier alpha value is -7.46. The molecular weight excluding hydrogens is 1200 g/mol. The number of hydrogen-bond acceptors (Lipinski definition) is 15. The van der Waals surface area contributed by atoms with Gasteiger partial charge in [-0.2, -0.15) is 0 Å². The maximum absolute atomic E-state index is 14.7. The first-order chi connectivity index (χ1) is 43.3. The monoisotopic (exact) mass is 1300 g/mol. The van der Waals surface area contributed by atoms with Crippen LogP contribution in [0.4, 0.5) is 4.79 Å². The smallest absolute Gasteiger partial charge is 0.326 e. The van der Waals surface area contributed by atoms with Crippen molar-refractivity contribution >= 4 is 71.3 Å². The molecule has 0 saturated carbocycles. The Balaban J connectivity index is 1.96. The number of carboxylic acids is 4. The van der Waals surface area contributed by atoms with E-state index in [0.717, 1.165) is 0 Å². The summed E-state index contributed by atoms with van der Waals surface area (Å²) in [6.45, 7) is 15.0. The van der Waals surface area contributed by atoms with Crippen molar-refractivity contribution < 1.29 is 92.5 Å². The zero-order chi connectivity index (χ0) is 69.5. The number of amides is 9. The topological polar surface area (TPSA) is 406 Å². The zero-order valence-corrected chi connectivity index (χ0v) is 55.8. The number of urea groups is 1. The lowest BCUT2D eigenvalue weighted by molar-refractivity contribution is -0.148. The highest BCUT2D eigenvalue weighted by Crippen LogP contribution is 2.30. The van der Waals surface area contributed by atoms with E-state index in [4.69, 9.17) is 14.6 Å². The summed E-state index contributed by atoms with van der Waals surface area (Å²) in [5, 5.41) is 63.7. The Morgan fingerprint density at radius 2 is 1.20 bits per heavy atom. The van der Waals surface area contributed by atoms with Crippen LogP contribution in [0.2, 0.25) is 0 Å². The van der Waals surface area contributed by atoms with E-state index in [0.29, 0.717) is 63.5 Å². The molecule has 92 heavy (non-hydrogen) atoms. The van der Waals surface area contributed by atoms with Gasteiger partial charge >= 0.3 is 29.9 Å². The first-order valence-corrected chi connectivity index (χ1v) is 32.1. The normalized spacial score (nSPS) is 17.0. The maximum atomic E-state index is 14.7. The molecule has 1 aromatic carbocycles. The second-order valence-electron chi connectivity index (χ2n) is 24.8. The number of benzene rings is 1. The molecule has 13 atom stereocenters. The van der Waals surface area contributed by atoms with Gasteiger partial charge in [0, 0.05) is 67.1 Å². The van der Waals surface area contributed by atoms with Crippen LogP contribution in [0, 0.1) is 23.7 Å². The van der Waals surface area contributed by atoms with E-state index in [1.807, 2.05) is 19.9 Å². The van der Waals surface area contributed by atoms with Gasteiger partial charge in [-0.05, 0) is 88.0 Å². The van der Waals surface area contributed by atoms with Crippen molar-refractivity contribution in [3.05, 3.63) is 35.9 Å². The molecule has 28 heteroatoms. The number of carbonyl (C=O) groups is 12. The number of unbranched alkanes of at least 4 members (excludes halogenated alkanes) is 4. The fourth-order valence-electron chi connectivity index (χ4n) is 11.6. The quantitative estimate of drug-likeness (QED) is 0.0414. The van der Waals surface area contributed by atoms with E-state index >= 15 is 0 Å². The first kappa shape index (κ1) is 80.6. The number of likely N-dealkylation sites (N-methyl/N-ethyl adjacent to an activating group) is 2. The standard InChI is InChI=1S/C64H105N9O19/c1-13-39(6)55(47(91-11)36-51(77)73-35-23-27-46(73)57(92-12)40(7)58(81)66-41(8)56(80)42-24-17-16-18-25-42)72(10)60(83)53(37(2)3)70-59(82)54(38(4)5)71(9)50(76)32-30-44(62(86)87)67-49(75)29-20-15-14-19-28-48(74)65-34-22-21-26-43(61(84)85)68-64(90)69-45(63(88)89)31-33-52(78)79/h16-18,24-25,37-41,43-47,53-57,80H,13-15,19-23,26-36H2,1-12H3,(H,65,74)(H,66,81)(H,67,75)(H,70,82)(H,78,79)(H,84,85)(H,86,87)(H,88,89)(H2,68,69,90)/t39-,40+,41+,43-,44-,45-,46-,47+,53-,54-,55-,56+,57+/m0/s1. The highest BCUT2D eigenvalue weighted by Gasteiger charge is 2.44. The summed E-state index contributed by atoms with van der Waals surface area (Å²) in [5.74, 6) is -10.3. The number of aliphatic hydroxyl groups is 1. The minimum atomic E-state index is -1.54. The predicted octanol–water partition coefficient (Wildman–Crippen LogP) is 3.82. The number of hydrogen-bond donors (Lipinski definition) is 11. The minimum Gasteiger partial charge on any atom is -0.481 e. The molecule has 0 aliphatic carbocycles. The number of aliphatic hydroxyl groups excluding tert-OH is 1. The highest BCUT2D eigenvalue weighted by atomic mass is 16.5.